The first-order chi connectivity index (χ1) is 9.36. The van der Waals surface area contributed by atoms with E-state index >= 15 is 0 Å². The Morgan fingerprint density at radius 1 is 1.50 bits per heavy atom. The van der Waals surface area contributed by atoms with Gasteiger partial charge in [0.2, 0.25) is 0 Å². The standard InChI is InChI=1S/C13H18N2O5/c1-8(2)11(7-20-3)14-10-5-4-9(13(16)17)6-12(10)15(18)19/h4-6,8,11,14H,7H2,1-3H3,(H,16,17). The molecule has 0 amide bonds. The molecule has 0 aromatic heterocycles. The molecule has 7 nitrogen and oxygen atoms in total. The van der Waals surface area contributed by atoms with Crippen LogP contribution in [0, 0.1) is 16.0 Å². The lowest BCUT2D eigenvalue weighted by Gasteiger charge is -2.22. The van der Waals surface area contributed by atoms with Gasteiger partial charge in [0.1, 0.15) is 5.69 Å². The van der Waals surface area contributed by atoms with E-state index in [4.69, 9.17) is 9.84 Å². The molecule has 0 saturated carbocycles. The lowest BCUT2D eigenvalue weighted by atomic mass is 10.0. The largest absolute Gasteiger partial charge is 0.478 e. The van der Waals surface area contributed by atoms with Crippen molar-refractivity contribution in [3.05, 3.63) is 33.9 Å². The zero-order valence-corrected chi connectivity index (χ0v) is 11.6. The Hall–Kier alpha value is -2.15. The predicted molar refractivity (Wildman–Crippen MR) is 74.2 cm³/mol. The maximum absolute atomic E-state index is 11.0. The van der Waals surface area contributed by atoms with Gasteiger partial charge in [-0.15, -0.1) is 0 Å². The van der Waals surface area contributed by atoms with Crippen LogP contribution in [-0.2, 0) is 4.74 Å². The van der Waals surface area contributed by atoms with Gasteiger partial charge < -0.3 is 15.2 Å². The highest BCUT2D eigenvalue weighted by Gasteiger charge is 2.21. The first kappa shape index (κ1) is 15.9. The zero-order chi connectivity index (χ0) is 15.3. The van der Waals surface area contributed by atoms with Gasteiger partial charge in [-0.3, -0.25) is 10.1 Å². The number of nitrogens with one attached hydrogen (secondary N) is 1. The maximum atomic E-state index is 11.0. The fraction of sp³-hybridized carbons (Fsp3) is 0.462. The number of benzene rings is 1. The molecule has 0 aliphatic rings. The fourth-order valence-corrected chi connectivity index (χ4v) is 1.72. The molecule has 0 bridgehead atoms. The van der Waals surface area contributed by atoms with E-state index in [-0.39, 0.29) is 28.9 Å². The first-order valence-corrected chi connectivity index (χ1v) is 6.14. The number of rotatable bonds is 7. The van der Waals surface area contributed by atoms with Crippen LogP contribution in [0.4, 0.5) is 11.4 Å². The van der Waals surface area contributed by atoms with Crippen molar-refractivity contribution in [2.24, 2.45) is 5.92 Å². The normalized spacial score (nSPS) is 12.2. The molecule has 7 heteroatoms. The second-order valence-corrected chi connectivity index (χ2v) is 4.74. The molecule has 0 aliphatic heterocycles. The summed E-state index contributed by atoms with van der Waals surface area (Å²) in [5.74, 6) is -0.995. The van der Waals surface area contributed by atoms with Crippen LogP contribution in [0.25, 0.3) is 0 Å². The van der Waals surface area contributed by atoms with Crippen molar-refractivity contribution in [1.29, 1.82) is 0 Å². The molecule has 0 aliphatic carbocycles. The van der Waals surface area contributed by atoms with Gasteiger partial charge in [-0.1, -0.05) is 13.8 Å². The van der Waals surface area contributed by atoms with E-state index in [0.717, 1.165) is 6.07 Å². The second kappa shape index (κ2) is 6.85. The molecule has 1 rings (SSSR count). The number of hydrogen-bond donors (Lipinski definition) is 2. The third-order valence-electron chi connectivity index (χ3n) is 2.93. The zero-order valence-electron chi connectivity index (χ0n) is 11.6. The van der Waals surface area contributed by atoms with Crippen LogP contribution in [0.2, 0.25) is 0 Å². The van der Waals surface area contributed by atoms with Gasteiger partial charge in [0.15, 0.2) is 0 Å². The molecule has 0 radical (unpaired) electrons. The van der Waals surface area contributed by atoms with Crippen LogP contribution in [0.3, 0.4) is 0 Å². The number of nitro benzene ring substituents is 1. The van der Waals surface area contributed by atoms with E-state index < -0.39 is 10.9 Å². The summed E-state index contributed by atoms with van der Waals surface area (Å²) in [5.41, 5.74) is -0.0857. The fourth-order valence-electron chi connectivity index (χ4n) is 1.72. The Labute approximate surface area is 116 Å². The Morgan fingerprint density at radius 3 is 2.60 bits per heavy atom. The van der Waals surface area contributed by atoms with E-state index in [1.807, 2.05) is 13.8 Å². The molecule has 0 fully saturated rings. The SMILES string of the molecule is COCC(Nc1ccc(C(=O)O)cc1[N+](=O)[O-])C(C)C. The van der Waals surface area contributed by atoms with E-state index in [1.54, 1.807) is 7.11 Å². The van der Waals surface area contributed by atoms with E-state index in [0.29, 0.717) is 6.61 Å². The van der Waals surface area contributed by atoms with Crippen molar-refractivity contribution < 1.29 is 19.6 Å². The van der Waals surface area contributed by atoms with Crippen molar-refractivity contribution in [3.8, 4) is 0 Å². The van der Waals surface area contributed by atoms with Gasteiger partial charge in [0, 0.05) is 13.2 Å². The molecular weight excluding hydrogens is 264 g/mol. The molecule has 110 valence electrons. The van der Waals surface area contributed by atoms with Crippen molar-refractivity contribution in [2.45, 2.75) is 19.9 Å². The smallest absolute Gasteiger partial charge is 0.335 e. The second-order valence-electron chi connectivity index (χ2n) is 4.74. The number of nitro groups is 1. The molecule has 0 spiro atoms. The Balaban J connectivity index is 3.10. The van der Waals surface area contributed by atoms with E-state index in [9.17, 15) is 14.9 Å². The van der Waals surface area contributed by atoms with Gasteiger partial charge in [-0.2, -0.15) is 0 Å². The van der Waals surface area contributed by atoms with Gasteiger partial charge >= 0.3 is 5.97 Å². The van der Waals surface area contributed by atoms with Crippen LogP contribution in [0.15, 0.2) is 18.2 Å². The van der Waals surface area contributed by atoms with Crippen molar-refractivity contribution in [3.63, 3.8) is 0 Å². The summed E-state index contributed by atoms with van der Waals surface area (Å²) in [4.78, 5) is 21.3. The van der Waals surface area contributed by atoms with E-state index in [2.05, 4.69) is 5.32 Å². The van der Waals surface area contributed by atoms with Crippen molar-refractivity contribution in [1.82, 2.24) is 0 Å². The summed E-state index contributed by atoms with van der Waals surface area (Å²) in [6.07, 6.45) is 0. The number of hydrogen-bond acceptors (Lipinski definition) is 5. The molecule has 2 N–H and O–H groups in total. The Kier molecular flexibility index (Phi) is 5.45. The van der Waals surface area contributed by atoms with Gasteiger partial charge in [-0.25, -0.2) is 4.79 Å². The highest BCUT2D eigenvalue weighted by Crippen LogP contribution is 2.27. The highest BCUT2D eigenvalue weighted by molar-refractivity contribution is 5.89. The van der Waals surface area contributed by atoms with Crippen LogP contribution >= 0.6 is 0 Å². The third-order valence-corrected chi connectivity index (χ3v) is 2.93. The van der Waals surface area contributed by atoms with Gasteiger partial charge in [0.25, 0.3) is 5.69 Å². The molecule has 0 heterocycles. The van der Waals surface area contributed by atoms with Gasteiger partial charge in [-0.05, 0) is 18.1 Å². The monoisotopic (exact) mass is 282 g/mol. The van der Waals surface area contributed by atoms with Crippen LogP contribution in [0.5, 0.6) is 0 Å². The summed E-state index contributed by atoms with van der Waals surface area (Å²) in [6.45, 7) is 4.33. The number of nitrogens with zero attached hydrogens (tertiary/aromatic N) is 1. The molecule has 20 heavy (non-hydrogen) atoms. The summed E-state index contributed by atoms with van der Waals surface area (Å²) >= 11 is 0. The first-order valence-electron chi connectivity index (χ1n) is 6.14. The number of anilines is 1. The summed E-state index contributed by atoms with van der Waals surface area (Å²) in [6, 6.07) is 3.69. The lowest BCUT2D eigenvalue weighted by Crippen LogP contribution is -2.30. The van der Waals surface area contributed by atoms with Crippen LogP contribution in [-0.4, -0.2) is 35.8 Å². The third kappa shape index (κ3) is 3.92. The molecular formula is C13H18N2O5. The average molecular weight is 282 g/mol. The summed E-state index contributed by atoms with van der Waals surface area (Å²) in [7, 11) is 1.55. The Morgan fingerprint density at radius 2 is 2.15 bits per heavy atom. The highest BCUT2D eigenvalue weighted by atomic mass is 16.6. The van der Waals surface area contributed by atoms with Crippen LogP contribution < -0.4 is 5.32 Å². The quantitative estimate of drug-likeness (QED) is 0.588. The molecule has 1 atom stereocenters. The minimum absolute atomic E-state index is 0.102. The van der Waals surface area contributed by atoms with Crippen molar-refractivity contribution >= 4 is 17.3 Å². The number of carboxylic acids is 1. The number of ether oxygens (including phenoxy) is 1. The average Bonchev–Trinajstić information content (AvgIpc) is 2.37. The Bertz CT molecular complexity index is 502. The van der Waals surface area contributed by atoms with Crippen LogP contribution in [0.1, 0.15) is 24.2 Å². The summed E-state index contributed by atoms with van der Waals surface area (Å²) < 4.78 is 5.07. The number of carboxylic acid groups (broad SMARTS) is 1. The minimum atomic E-state index is -1.20. The van der Waals surface area contributed by atoms with Gasteiger partial charge in [0.05, 0.1) is 23.1 Å². The number of carbonyl (C=O) groups is 1. The topological polar surface area (TPSA) is 102 Å². The van der Waals surface area contributed by atoms with Crippen molar-refractivity contribution in [2.75, 3.05) is 19.0 Å². The molecule has 1 unspecified atom stereocenters. The summed E-state index contributed by atoms with van der Waals surface area (Å²) in [5, 5.41) is 23.0. The predicted octanol–water partition coefficient (Wildman–Crippen LogP) is 2.38. The molecule has 0 saturated heterocycles. The number of aromatic carboxylic acids is 1. The molecule has 1 aromatic rings. The van der Waals surface area contributed by atoms with E-state index in [1.165, 1.54) is 12.1 Å². The molecule has 1 aromatic carbocycles. The lowest BCUT2D eigenvalue weighted by molar-refractivity contribution is -0.384. The minimum Gasteiger partial charge on any atom is -0.478 e. The number of methoxy groups -OCH3 is 1. The maximum Gasteiger partial charge on any atom is 0.335 e.